The topological polar surface area (TPSA) is 167 Å². The molecule has 0 amide bonds. The number of hydrogen-bond donors (Lipinski definition) is 0. The van der Waals surface area contributed by atoms with Gasteiger partial charge in [0.15, 0.2) is 0 Å². The predicted octanol–water partition coefficient (Wildman–Crippen LogP) is -8.17. The molecule has 0 atom stereocenters. The molecule has 0 aromatic rings. The van der Waals surface area contributed by atoms with Gasteiger partial charge in [0.2, 0.25) is 0 Å². The zero-order valence-electron chi connectivity index (χ0n) is 12.7. The maximum Gasteiger partial charge on any atom is 0.0555 e. The van der Waals surface area contributed by atoms with Gasteiger partial charge in [-0.25, -0.2) is 0 Å². The van der Waals surface area contributed by atoms with Crippen LogP contribution in [0.1, 0.15) is 0 Å². The zero-order valence-corrected chi connectivity index (χ0v) is 17.6. The number of hydrogen-bond acceptors (Lipinski definition) is 10. The van der Waals surface area contributed by atoms with Crippen LogP contribution < -0.4 is 20.4 Å². The Morgan fingerprint density at radius 3 is 0.870 bits per heavy atom. The molecule has 0 saturated heterocycles. The molecule has 23 heavy (non-hydrogen) atoms. The van der Waals surface area contributed by atoms with Gasteiger partial charge in [0.25, 0.3) is 0 Å². The van der Waals surface area contributed by atoms with Gasteiger partial charge in [-0.3, -0.25) is 9.80 Å². The number of carboxylic acid groups (broad SMARTS) is 4. The molecule has 0 spiro atoms. The van der Waals surface area contributed by atoms with Gasteiger partial charge in [0.05, 0.1) is 23.9 Å². The molecule has 127 valence electrons. The quantitative estimate of drug-likeness (QED) is 0.305. The van der Waals surface area contributed by atoms with Crippen LogP contribution in [0.5, 0.6) is 0 Å². The Labute approximate surface area is 187 Å². The van der Waals surface area contributed by atoms with Crippen LogP contribution >= 0.6 is 0 Å². The number of nitrogens with zero attached hydrogens (tertiary/aromatic N) is 2. The van der Waals surface area contributed by atoms with Crippen LogP contribution in [0.4, 0.5) is 0 Å². The van der Waals surface area contributed by atoms with Gasteiger partial charge in [-0.05, 0) is 0 Å². The summed E-state index contributed by atoms with van der Waals surface area (Å²) in [6.45, 7) is -3.25. The molecule has 0 aromatic carbocycles. The molecule has 0 aliphatic heterocycles. The van der Waals surface area contributed by atoms with E-state index in [2.05, 4.69) is 0 Å². The SMILES string of the molecule is O=C([O-])CN(CCN(CC(=O)[O-])CC(=O)[O-])CC(=O)[O-].[Cu].[Na].[Na]. The fourth-order valence-electron chi connectivity index (χ4n) is 1.44. The molecular weight excluding hydrogens is 386 g/mol. The summed E-state index contributed by atoms with van der Waals surface area (Å²) in [6, 6.07) is 0. The second-order valence-electron chi connectivity index (χ2n) is 3.91. The first-order valence-electron chi connectivity index (χ1n) is 5.44. The molecule has 0 saturated carbocycles. The van der Waals surface area contributed by atoms with Gasteiger partial charge in [-0.2, -0.15) is 0 Å². The Morgan fingerprint density at radius 2 is 0.739 bits per heavy atom. The van der Waals surface area contributed by atoms with Crippen molar-refractivity contribution in [3.63, 3.8) is 0 Å². The van der Waals surface area contributed by atoms with Crippen molar-refractivity contribution in [3.05, 3.63) is 0 Å². The van der Waals surface area contributed by atoms with Gasteiger partial charge in [-0.1, -0.05) is 0 Å². The summed E-state index contributed by atoms with van der Waals surface area (Å²) in [7, 11) is 0. The van der Waals surface area contributed by atoms with Gasteiger partial charge >= 0.3 is 0 Å². The second kappa shape index (κ2) is 17.2. The third kappa shape index (κ3) is 20.3. The minimum absolute atomic E-state index is 0. The van der Waals surface area contributed by atoms with Crippen molar-refractivity contribution in [2.24, 2.45) is 0 Å². The molecular formula is C10H12CuN2Na2O8-4. The first kappa shape index (κ1) is 31.1. The molecule has 0 aliphatic carbocycles. The second-order valence-corrected chi connectivity index (χ2v) is 3.91. The van der Waals surface area contributed by atoms with Crippen LogP contribution in [0.2, 0.25) is 0 Å². The smallest absolute Gasteiger partial charge is 0.0555 e. The van der Waals surface area contributed by atoms with Crippen molar-refractivity contribution in [3.8, 4) is 0 Å². The summed E-state index contributed by atoms with van der Waals surface area (Å²) in [6.07, 6.45) is 0. The third-order valence-corrected chi connectivity index (χ3v) is 2.14. The summed E-state index contributed by atoms with van der Waals surface area (Å²) < 4.78 is 0. The standard InChI is InChI=1S/C10H16N2O8.Cu.2Na/c13-7(14)3-11(4-8(15)16)1-2-12(5-9(17)18)6-10(19)20;;;/h1-6H2,(H,13,14)(H,15,16)(H,17,18)(H,19,20);;;/p-4. The average molecular weight is 398 g/mol. The Bertz CT molecular complexity index is 331. The van der Waals surface area contributed by atoms with E-state index in [-0.39, 0.29) is 89.3 Å². The Hall–Kier alpha value is 0.319. The summed E-state index contributed by atoms with van der Waals surface area (Å²) >= 11 is 0. The van der Waals surface area contributed by atoms with Crippen LogP contribution in [0.25, 0.3) is 0 Å². The van der Waals surface area contributed by atoms with E-state index in [0.29, 0.717) is 0 Å². The van der Waals surface area contributed by atoms with Crippen molar-refractivity contribution in [1.29, 1.82) is 0 Å². The molecule has 3 radical (unpaired) electrons. The minimum Gasteiger partial charge on any atom is -0.549 e. The van der Waals surface area contributed by atoms with E-state index in [1.54, 1.807) is 0 Å². The van der Waals surface area contributed by atoms with Gasteiger partial charge in [0, 0.05) is 115 Å². The maximum absolute atomic E-state index is 10.4. The fraction of sp³-hybridized carbons (Fsp3) is 0.600. The van der Waals surface area contributed by atoms with Crippen LogP contribution in [0.3, 0.4) is 0 Å². The van der Waals surface area contributed by atoms with Crippen molar-refractivity contribution in [2.75, 3.05) is 39.3 Å². The van der Waals surface area contributed by atoms with Crippen LogP contribution in [0.15, 0.2) is 0 Å². The molecule has 10 nitrogen and oxygen atoms in total. The van der Waals surface area contributed by atoms with E-state index in [9.17, 15) is 39.6 Å². The molecule has 0 aromatic heterocycles. The van der Waals surface area contributed by atoms with Crippen molar-refractivity contribution >= 4 is 83.0 Å². The molecule has 0 bridgehead atoms. The first-order chi connectivity index (χ1) is 9.20. The molecule has 0 N–H and O–H groups in total. The molecule has 0 fully saturated rings. The molecule has 13 heteroatoms. The normalized spacial score (nSPS) is 9.30. The summed E-state index contributed by atoms with van der Waals surface area (Å²) in [5.41, 5.74) is 0. The van der Waals surface area contributed by atoms with Gasteiger partial charge in [-0.15, -0.1) is 0 Å². The van der Waals surface area contributed by atoms with Crippen LogP contribution in [-0.4, -0.2) is 132 Å². The minimum atomic E-state index is -1.53. The van der Waals surface area contributed by atoms with E-state index in [1.165, 1.54) is 0 Å². The zero-order chi connectivity index (χ0) is 15.7. The van der Waals surface area contributed by atoms with Gasteiger partial charge < -0.3 is 39.6 Å². The number of carbonyl (C=O) groups is 4. The molecule has 0 rings (SSSR count). The first-order valence-corrected chi connectivity index (χ1v) is 5.44. The number of carbonyl (C=O) groups excluding carboxylic acids is 4. The van der Waals surface area contributed by atoms with E-state index >= 15 is 0 Å². The fourth-order valence-corrected chi connectivity index (χ4v) is 1.44. The predicted molar refractivity (Wildman–Crippen MR) is 64.4 cm³/mol. The van der Waals surface area contributed by atoms with Gasteiger partial charge in [0.1, 0.15) is 0 Å². The summed E-state index contributed by atoms with van der Waals surface area (Å²) in [4.78, 5) is 43.4. The largest absolute Gasteiger partial charge is 0.549 e. The van der Waals surface area contributed by atoms with Crippen LogP contribution in [0, 0.1) is 0 Å². The van der Waals surface area contributed by atoms with Crippen LogP contribution in [-0.2, 0) is 36.2 Å². The van der Waals surface area contributed by atoms with E-state index in [0.717, 1.165) is 9.80 Å². The van der Waals surface area contributed by atoms with Crippen molar-refractivity contribution in [1.82, 2.24) is 9.80 Å². The van der Waals surface area contributed by atoms with Crippen molar-refractivity contribution in [2.45, 2.75) is 0 Å². The number of carboxylic acids is 4. The van der Waals surface area contributed by atoms with E-state index in [1.807, 2.05) is 0 Å². The Morgan fingerprint density at radius 1 is 0.565 bits per heavy atom. The number of aliphatic carboxylic acids is 4. The third-order valence-electron chi connectivity index (χ3n) is 2.14. The Balaban J connectivity index is -0.000000602. The average Bonchev–Trinajstić information content (AvgIpc) is 2.22. The molecule has 0 unspecified atom stereocenters. The monoisotopic (exact) mass is 397 g/mol. The summed E-state index contributed by atoms with van der Waals surface area (Å²) in [5.74, 6) is -6.12. The summed E-state index contributed by atoms with van der Waals surface area (Å²) in [5, 5.41) is 41.6. The van der Waals surface area contributed by atoms with E-state index in [4.69, 9.17) is 0 Å². The van der Waals surface area contributed by atoms with E-state index < -0.39 is 50.1 Å². The molecule has 0 heterocycles. The van der Waals surface area contributed by atoms with Crippen molar-refractivity contribution < 1.29 is 56.7 Å². The maximum atomic E-state index is 10.4. The number of rotatable bonds is 11. The Kier molecular flexibility index (Phi) is 23.2. The molecule has 0 aliphatic rings.